The fourth-order valence-electron chi connectivity index (χ4n) is 3.65. The molecule has 0 saturated carbocycles. The van der Waals surface area contributed by atoms with Gasteiger partial charge in [-0.25, -0.2) is 9.67 Å². The third-order valence-corrected chi connectivity index (χ3v) is 5.17. The second kappa shape index (κ2) is 7.88. The van der Waals surface area contributed by atoms with E-state index in [4.69, 9.17) is 4.98 Å². The van der Waals surface area contributed by atoms with Crippen LogP contribution in [0, 0.1) is 5.92 Å². The van der Waals surface area contributed by atoms with Crippen LogP contribution in [-0.4, -0.2) is 40.3 Å². The van der Waals surface area contributed by atoms with Gasteiger partial charge in [-0.15, -0.1) is 0 Å². The molecule has 1 amide bonds. The molecule has 27 heavy (non-hydrogen) atoms. The normalized spacial score (nSPS) is 17.1. The van der Waals surface area contributed by atoms with Crippen LogP contribution >= 0.6 is 0 Å². The van der Waals surface area contributed by atoms with Crippen molar-refractivity contribution >= 4 is 16.9 Å². The van der Waals surface area contributed by atoms with E-state index in [2.05, 4.69) is 15.7 Å². The van der Waals surface area contributed by atoms with Crippen molar-refractivity contribution in [2.45, 2.75) is 26.3 Å². The number of nitrogens with zero attached hydrogens (tertiary/aromatic N) is 3. The summed E-state index contributed by atoms with van der Waals surface area (Å²) in [6.45, 7) is 5.47. The lowest BCUT2D eigenvalue weighted by atomic mass is 9.99. The number of aromatic nitrogens is 3. The number of carbonyl (C=O) groups excluding carboxylic acids is 1. The van der Waals surface area contributed by atoms with Crippen molar-refractivity contribution in [2.24, 2.45) is 5.92 Å². The molecule has 1 atom stereocenters. The standard InChI is InChI=1S/C21H25N5O/c1-2-26-20-18(14-24-26)17(11-19(25-20)16-8-4-3-5-9-16)21(27)23-13-15-7-6-10-22-12-15/h3-5,8-9,11,14-15,22H,2,6-7,10,12-13H2,1H3,(H,23,27). The average molecular weight is 363 g/mol. The zero-order valence-corrected chi connectivity index (χ0v) is 15.6. The minimum absolute atomic E-state index is 0.0548. The van der Waals surface area contributed by atoms with E-state index in [1.165, 1.54) is 6.42 Å². The van der Waals surface area contributed by atoms with E-state index < -0.39 is 0 Å². The van der Waals surface area contributed by atoms with E-state index in [1.54, 1.807) is 6.20 Å². The Kier molecular flexibility index (Phi) is 5.16. The fourth-order valence-corrected chi connectivity index (χ4v) is 3.65. The maximum absolute atomic E-state index is 13.0. The zero-order chi connectivity index (χ0) is 18.6. The molecule has 6 nitrogen and oxygen atoms in total. The Bertz CT molecular complexity index is 928. The van der Waals surface area contributed by atoms with E-state index in [1.807, 2.05) is 48.0 Å². The Morgan fingerprint density at radius 2 is 2.19 bits per heavy atom. The molecule has 3 aromatic rings. The average Bonchev–Trinajstić information content (AvgIpc) is 3.16. The maximum Gasteiger partial charge on any atom is 0.252 e. The summed E-state index contributed by atoms with van der Waals surface area (Å²) in [5.74, 6) is 0.438. The topological polar surface area (TPSA) is 71.8 Å². The van der Waals surface area contributed by atoms with Gasteiger partial charge in [-0.05, 0) is 44.8 Å². The number of fused-ring (bicyclic) bond motifs is 1. The lowest BCUT2D eigenvalue weighted by Gasteiger charge is -2.23. The summed E-state index contributed by atoms with van der Waals surface area (Å²) in [4.78, 5) is 17.8. The summed E-state index contributed by atoms with van der Waals surface area (Å²) in [7, 11) is 0. The molecule has 0 spiro atoms. The summed E-state index contributed by atoms with van der Waals surface area (Å²) in [5.41, 5.74) is 3.18. The van der Waals surface area contributed by atoms with Gasteiger partial charge >= 0.3 is 0 Å². The number of amides is 1. The van der Waals surface area contributed by atoms with Gasteiger partial charge in [0.05, 0.1) is 22.8 Å². The van der Waals surface area contributed by atoms with Crippen LogP contribution in [0.2, 0.25) is 0 Å². The fraction of sp³-hybridized carbons (Fsp3) is 0.381. The first-order valence-electron chi connectivity index (χ1n) is 9.67. The van der Waals surface area contributed by atoms with Crippen molar-refractivity contribution in [1.29, 1.82) is 0 Å². The summed E-state index contributed by atoms with van der Waals surface area (Å²) in [6, 6.07) is 11.8. The Labute approximate surface area is 159 Å². The number of rotatable bonds is 5. The zero-order valence-electron chi connectivity index (χ0n) is 15.6. The number of aryl methyl sites for hydroxylation is 1. The van der Waals surface area contributed by atoms with Crippen LogP contribution < -0.4 is 10.6 Å². The van der Waals surface area contributed by atoms with Crippen LogP contribution in [0.3, 0.4) is 0 Å². The predicted molar refractivity (Wildman–Crippen MR) is 107 cm³/mol. The van der Waals surface area contributed by atoms with Crippen molar-refractivity contribution in [2.75, 3.05) is 19.6 Å². The van der Waals surface area contributed by atoms with E-state index in [0.717, 1.165) is 41.8 Å². The summed E-state index contributed by atoms with van der Waals surface area (Å²) in [5, 5.41) is 11.7. The van der Waals surface area contributed by atoms with Crippen molar-refractivity contribution in [1.82, 2.24) is 25.4 Å². The monoisotopic (exact) mass is 363 g/mol. The minimum atomic E-state index is -0.0548. The molecule has 1 aromatic carbocycles. The molecule has 1 aliphatic heterocycles. The molecule has 0 radical (unpaired) electrons. The van der Waals surface area contributed by atoms with Crippen LogP contribution in [0.15, 0.2) is 42.6 Å². The molecule has 140 valence electrons. The van der Waals surface area contributed by atoms with Crippen molar-refractivity contribution < 1.29 is 4.79 Å². The SMILES string of the molecule is CCn1ncc2c(C(=O)NCC3CCCNC3)cc(-c3ccccc3)nc21. The minimum Gasteiger partial charge on any atom is -0.352 e. The second-order valence-electron chi connectivity index (χ2n) is 7.04. The Morgan fingerprint density at radius 3 is 2.93 bits per heavy atom. The maximum atomic E-state index is 13.0. The smallest absolute Gasteiger partial charge is 0.252 e. The Morgan fingerprint density at radius 1 is 1.33 bits per heavy atom. The number of piperidine rings is 1. The van der Waals surface area contributed by atoms with Crippen LogP contribution in [-0.2, 0) is 6.54 Å². The van der Waals surface area contributed by atoms with Gasteiger partial charge in [-0.2, -0.15) is 5.10 Å². The highest BCUT2D eigenvalue weighted by molar-refractivity contribution is 6.06. The van der Waals surface area contributed by atoms with Crippen molar-refractivity contribution in [3.05, 3.63) is 48.2 Å². The van der Waals surface area contributed by atoms with E-state index in [0.29, 0.717) is 24.6 Å². The van der Waals surface area contributed by atoms with Crippen molar-refractivity contribution in [3.8, 4) is 11.3 Å². The number of benzene rings is 1. The molecule has 1 saturated heterocycles. The molecule has 1 fully saturated rings. The molecule has 6 heteroatoms. The van der Waals surface area contributed by atoms with Crippen LogP contribution in [0.25, 0.3) is 22.3 Å². The van der Waals surface area contributed by atoms with Gasteiger partial charge in [0, 0.05) is 18.7 Å². The highest BCUT2D eigenvalue weighted by Crippen LogP contribution is 2.25. The summed E-state index contributed by atoms with van der Waals surface area (Å²) < 4.78 is 1.84. The molecule has 2 aromatic heterocycles. The van der Waals surface area contributed by atoms with Gasteiger partial charge in [0.2, 0.25) is 0 Å². The quantitative estimate of drug-likeness (QED) is 0.731. The highest BCUT2D eigenvalue weighted by Gasteiger charge is 2.19. The first-order chi connectivity index (χ1) is 13.3. The third kappa shape index (κ3) is 3.71. The first kappa shape index (κ1) is 17.7. The van der Waals surface area contributed by atoms with Crippen molar-refractivity contribution in [3.63, 3.8) is 0 Å². The number of nitrogens with one attached hydrogen (secondary N) is 2. The van der Waals surface area contributed by atoms with Gasteiger partial charge in [0.15, 0.2) is 5.65 Å². The van der Waals surface area contributed by atoms with Gasteiger partial charge in [0.1, 0.15) is 0 Å². The molecule has 1 unspecified atom stereocenters. The van der Waals surface area contributed by atoms with Gasteiger partial charge in [0.25, 0.3) is 5.91 Å². The second-order valence-corrected chi connectivity index (χ2v) is 7.04. The summed E-state index contributed by atoms with van der Waals surface area (Å²) in [6.07, 6.45) is 4.07. The molecule has 0 bridgehead atoms. The molecule has 0 aliphatic carbocycles. The molecular formula is C21H25N5O. The lowest BCUT2D eigenvalue weighted by molar-refractivity contribution is 0.0946. The third-order valence-electron chi connectivity index (χ3n) is 5.17. The Hall–Kier alpha value is -2.73. The van der Waals surface area contributed by atoms with Crippen LogP contribution in [0.1, 0.15) is 30.1 Å². The van der Waals surface area contributed by atoms with Gasteiger partial charge in [-0.1, -0.05) is 30.3 Å². The Balaban J connectivity index is 1.67. The molecular weight excluding hydrogens is 338 g/mol. The van der Waals surface area contributed by atoms with Gasteiger partial charge < -0.3 is 10.6 Å². The number of carbonyl (C=O) groups is 1. The van der Waals surface area contributed by atoms with E-state index in [9.17, 15) is 4.79 Å². The summed E-state index contributed by atoms with van der Waals surface area (Å²) >= 11 is 0. The molecule has 3 heterocycles. The molecule has 1 aliphatic rings. The largest absolute Gasteiger partial charge is 0.352 e. The number of pyridine rings is 1. The van der Waals surface area contributed by atoms with Crippen LogP contribution in [0.5, 0.6) is 0 Å². The van der Waals surface area contributed by atoms with Crippen LogP contribution in [0.4, 0.5) is 0 Å². The van der Waals surface area contributed by atoms with Gasteiger partial charge in [-0.3, -0.25) is 4.79 Å². The number of hydrogen-bond acceptors (Lipinski definition) is 4. The predicted octanol–water partition coefficient (Wildman–Crippen LogP) is 2.85. The van der Waals surface area contributed by atoms with E-state index in [-0.39, 0.29) is 5.91 Å². The lowest BCUT2D eigenvalue weighted by Crippen LogP contribution is -2.38. The molecule has 4 rings (SSSR count). The molecule has 2 N–H and O–H groups in total. The number of hydrogen-bond donors (Lipinski definition) is 2. The highest BCUT2D eigenvalue weighted by atomic mass is 16.1. The first-order valence-corrected chi connectivity index (χ1v) is 9.67. The van der Waals surface area contributed by atoms with E-state index >= 15 is 0 Å².